The Labute approximate surface area is 171 Å². The number of imidazole rings is 1. The van der Waals surface area contributed by atoms with Gasteiger partial charge in [0.15, 0.2) is 11.6 Å². The van der Waals surface area contributed by atoms with Crippen LogP contribution in [0.25, 0.3) is 33.6 Å². The third kappa shape index (κ3) is 4.03. The van der Waals surface area contributed by atoms with Gasteiger partial charge < -0.3 is 14.8 Å². The topological polar surface area (TPSA) is 112 Å². The summed E-state index contributed by atoms with van der Waals surface area (Å²) >= 11 is 0. The molecule has 30 heavy (non-hydrogen) atoms. The van der Waals surface area contributed by atoms with Gasteiger partial charge in [-0.25, -0.2) is 14.8 Å². The number of allylic oxidation sites excluding steroid dienone is 1. The molecular weight excluding hydrogens is 380 g/mol. The lowest BCUT2D eigenvalue weighted by atomic mass is 10.2. The second-order valence-electron chi connectivity index (χ2n) is 6.41. The van der Waals surface area contributed by atoms with Crippen molar-refractivity contribution in [3.8, 4) is 6.07 Å². The lowest BCUT2D eigenvalue weighted by Crippen LogP contribution is -2.06. The molecule has 4 rings (SSSR count). The van der Waals surface area contributed by atoms with E-state index in [1.54, 1.807) is 12.1 Å². The molecule has 2 N–H and O–H groups in total. The minimum Gasteiger partial charge on any atom is -0.507 e. The van der Waals surface area contributed by atoms with Crippen molar-refractivity contribution in [1.29, 1.82) is 5.26 Å². The molecule has 0 amide bonds. The van der Waals surface area contributed by atoms with E-state index in [-0.39, 0.29) is 17.2 Å². The maximum absolute atomic E-state index is 12.0. The zero-order valence-corrected chi connectivity index (χ0v) is 15.7. The second-order valence-corrected chi connectivity index (χ2v) is 6.41. The molecule has 0 unspecified atom stereocenters. The Hall–Kier alpha value is -4.44. The first-order valence-electron chi connectivity index (χ1n) is 9.12. The van der Waals surface area contributed by atoms with Crippen molar-refractivity contribution in [1.82, 2.24) is 15.0 Å². The molecule has 0 spiro atoms. The van der Waals surface area contributed by atoms with Crippen LogP contribution in [0.3, 0.4) is 0 Å². The van der Waals surface area contributed by atoms with Crippen LogP contribution in [0, 0.1) is 11.3 Å². The molecule has 4 aromatic rings. The van der Waals surface area contributed by atoms with E-state index in [1.807, 2.05) is 54.6 Å². The van der Waals surface area contributed by atoms with Gasteiger partial charge in [0.25, 0.3) is 0 Å². The zero-order valence-electron chi connectivity index (χ0n) is 15.7. The number of nitriles is 1. The minimum atomic E-state index is -0.668. The highest BCUT2D eigenvalue weighted by Gasteiger charge is 2.14. The van der Waals surface area contributed by atoms with Crippen molar-refractivity contribution in [3.63, 3.8) is 0 Å². The molecule has 7 nitrogen and oxygen atoms in total. The van der Waals surface area contributed by atoms with E-state index in [4.69, 9.17) is 4.74 Å². The first-order valence-corrected chi connectivity index (χ1v) is 9.12. The van der Waals surface area contributed by atoms with E-state index in [0.29, 0.717) is 11.2 Å². The standard InChI is InChI=1S/C23H16N4O3/c24-13-17(23-26-19-7-3-4-8-20(19)27-23)21(28)14-30-22(29)12-11-16-10-9-15-5-1-2-6-18(15)25-16/h1-12,28H,14H2,(H,26,27)/b12-11?,21-17-. The molecule has 0 saturated heterocycles. The van der Waals surface area contributed by atoms with E-state index in [0.717, 1.165) is 16.4 Å². The molecule has 146 valence electrons. The number of benzene rings is 2. The molecule has 0 aliphatic heterocycles. The van der Waals surface area contributed by atoms with Crippen molar-refractivity contribution in [2.45, 2.75) is 0 Å². The highest BCUT2D eigenvalue weighted by atomic mass is 16.5. The molecule has 0 fully saturated rings. The van der Waals surface area contributed by atoms with E-state index in [2.05, 4.69) is 15.0 Å². The second kappa shape index (κ2) is 8.29. The number of hydrogen-bond donors (Lipinski definition) is 2. The summed E-state index contributed by atoms with van der Waals surface area (Å²) in [4.78, 5) is 23.7. The molecule has 0 saturated carbocycles. The van der Waals surface area contributed by atoms with Gasteiger partial charge in [-0.2, -0.15) is 5.26 Å². The number of nitrogens with one attached hydrogen (secondary N) is 1. The van der Waals surface area contributed by atoms with Crippen LogP contribution >= 0.6 is 0 Å². The summed E-state index contributed by atoms with van der Waals surface area (Å²) in [6, 6.07) is 20.5. The fourth-order valence-electron chi connectivity index (χ4n) is 2.91. The average molecular weight is 396 g/mol. The molecule has 0 aliphatic carbocycles. The lowest BCUT2D eigenvalue weighted by Gasteiger charge is -2.03. The summed E-state index contributed by atoms with van der Waals surface area (Å²) < 4.78 is 5.04. The molecule has 0 radical (unpaired) electrons. The van der Waals surface area contributed by atoms with Crippen LogP contribution in [-0.2, 0) is 9.53 Å². The summed E-state index contributed by atoms with van der Waals surface area (Å²) in [6.45, 7) is -0.450. The number of esters is 1. The number of aliphatic hydroxyl groups is 1. The molecule has 2 heterocycles. The van der Waals surface area contributed by atoms with Crippen LogP contribution in [0.1, 0.15) is 11.5 Å². The number of carbonyl (C=O) groups is 1. The highest BCUT2D eigenvalue weighted by molar-refractivity contribution is 5.88. The monoisotopic (exact) mass is 396 g/mol. The Bertz CT molecular complexity index is 1310. The third-order valence-electron chi connectivity index (χ3n) is 4.39. The molecule has 0 atom stereocenters. The van der Waals surface area contributed by atoms with E-state index in [1.165, 1.54) is 12.2 Å². The van der Waals surface area contributed by atoms with Gasteiger partial charge in [-0.15, -0.1) is 0 Å². The van der Waals surface area contributed by atoms with Gasteiger partial charge >= 0.3 is 5.97 Å². The molecule has 2 aromatic heterocycles. The number of rotatable bonds is 5. The van der Waals surface area contributed by atoms with Crippen LogP contribution in [0.5, 0.6) is 0 Å². The normalized spacial score (nSPS) is 12.1. The van der Waals surface area contributed by atoms with Crippen LogP contribution in [0.4, 0.5) is 0 Å². The number of aromatic nitrogens is 3. The Kier molecular flexibility index (Phi) is 5.22. The van der Waals surface area contributed by atoms with Gasteiger partial charge in [-0.1, -0.05) is 36.4 Å². The van der Waals surface area contributed by atoms with Crippen molar-refractivity contribution in [3.05, 3.63) is 84.0 Å². The summed E-state index contributed by atoms with van der Waals surface area (Å²) in [6.07, 6.45) is 2.75. The molecular formula is C23H16N4O3. The number of aromatic amines is 1. The number of para-hydroxylation sites is 3. The minimum absolute atomic E-state index is 0.0841. The fourth-order valence-corrected chi connectivity index (χ4v) is 2.91. The summed E-state index contributed by atoms with van der Waals surface area (Å²) in [7, 11) is 0. The smallest absolute Gasteiger partial charge is 0.331 e. The van der Waals surface area contributed by atoms with Crippen LogP contribution in [0.15, 0.2) is 72.5 Å². The summed E-state index contributed by atoms with van der Waals surface area (Å²) in [5.41, 5.74) is 2.73. The number of pyridine rings is 1. The predicted molar refractivity (Wildman–Crippen MR) is 113 cm³/mol. The predicted octanol–water partition coefficient (Wildman–Crippen LogP) is 4.16. The van der Waals surface area contributed by atoms with E-state index < -0.39 is 12.6 Å². The van der Waals surface area contributed by atoms with Crippen molar-refractivity contribution in [2.75, 3.05) is 6.61 Å². The van der Waals surface area contributed by atoms with Gasteiger partial charge in [0.05, 0.1) is 22.2 Å². The number of ether oxygens (including phenoxy) is 1. The van der Waals surface area contributed by atoms with Crippen molar-refractivity contribution in [2.24, 2.45) is 0 Å². The largest absolute Gasteiger partial charge is 0.507 e. The fraction of sp³-hybridized carbons (Fsp3) is 0.0435. The molecule has 0 aliphatic rings. The van der Waals surface area contributed by atoms with Gasteiger partial charge in [-0.3, -0.25) is 0 Å². The number of hydrogen-bond acceptors (Lipinski definition) is 6. The summed E-state index contributed by atoms with van der Waals surface area (Å²) in [5, 5.41) is 20.6. The number of aliphatic hydroxyl groups excluding tert-OH is 1. The summed E-state index contributed by atoms with van der Waals surface area (Å²) in [5.74, 6) is -0.844. The number of carbonyl (C=O) groups excluding carboxylic acids is 1. The quantitative estimate of drug-likeness (QED) is 0.227. The van der Waals surface area contributed by atoms with Crippen molar-refractivity contribution >= 4 is 39.6 Å². The van der Waals surface area contributed by atoms with Crippen molar-refractivity contribution < 1.29 is 14.6 Å². The average Bonchev–Trinajstić information content (AvgIpc) is 3.20. The first kappa shape index (κ1) is 18.9. The van der Waals surface area contributed by atoms with Gasteiger partial charge in [0.1, 0.15) is 18.2 Å². The maximum Gasteiger partial charge on any atom is 0.331 e. The Morgan fingerprint density at radius 1 is 1.07 bits per heavy atom. The Balaban J connectivity index is 1.44. The molecule has 2 aromatic carbocycles. The SMILES string of the molecule is N#C/C(=C(/O)COC(=O)C=Cc1ccc2ccccc2n1)c1nc2ccccc2[nH]1. The van der Waals surface area contributed by atoms with Crippen LogP contribution in [0.2, 0.25) is 0 Å². The third-order valence-corrected chi connectivity index (χ3v) is 4.39. The molecule has 7 heteroatoms. The lowest BCUT2D eigenvalue weighted by molar-refractivity contribution is -0.137. The number of H-pyrrole nitrogens is 1. The maximum atomic E-state index is 12.0. The van der Waals surface area contributed by atoms with Crippen LogP contribution < -0.4 is 0 Å². The van der Waals surface area contributed by atoms with E-state index >= 15 is 0 Å². The number of fused-ring (bicyclic) bond motifs is 2. The Morgan fingerprint density at radius 3 is 2.63 bits per heavy atom. The number of nitrogens with zero attached hydrogens (tertiary/aromatic N) is 3. The Morgan fingerprint density at radius 2 is 1.83 bits per heavy atom. The van der Waals surface area contributed by atoms with Gasteiger partial charge in [0, 0.05) is 11.5 Å². The van der Waals surface area contributed by atoms with Gasteiger partial charge in [-0.05, 0) is 30.3 Å². The first-order chi connectivity index (χ1) is 14.6. The van der Waals surface area contributed by atoms with Gasteiger partial charge in [0.2, 0.25) is 0 Å². The highest BCUT2D eigenvalue weighted by Crippen LogP contribution is 2.19. The molecule has 0 bridgehead atoms. The van der Waals surface area contributed by atoms with E-state index in [9.17, 15) is 15.2 Å². The zero-order chi connectivity index (χ0) is 20.9. The van der Waals surface area contributed by atoms with Crippen LogP contribution in [-0.4, -0.2) is 32.6 Å².